The normalized spacial score (nSPS) is 17.1. The van der Waals surface area contributed by atoms with Crippen molar-refractivity contribution in [3.63, 3.8) is 0 Å². The number of nitrogens with one attached hydrogen (secondary N) is 1. The first-order valence-corrected chi connectivity index (χ1v) is 8.07. The van der Waals surface area contributed by atoms with Gasteiger partial charge in [0.2, 0.25) is 5.88 Å². The number of ether oxygens (including phenoxy) is 1. The van der Waals surface area contributed by atoms with Crippen LogP contribution in [-0.4, -0.2) is 16.5 Å². The number of hydrogen-bond acceptors (Lipinski definition) is 4. The molecule has 1 aliphatic carbocycles. The Balaban J connectivity index is 1.86. The smallest absolute Gasteiger partial charge is 0.233 e. The van der Waals surface area contributed by atoms with Crippen LogP contribution in [0.15, 0.2) is 35.1 Å². The second-order valence-electron chi connectivity index (χ2n) is 5.07. The Hall–Kier alpha value is -1.62. The third kappa shape index (κ3) is 3.02. The molecule has 0 fully saturated rings. The highest BCUT2D eigenvalue weighted by Gasteiger charge is 2.23. The molecule has 0 bridgehead atoms. The van der Waals surface area contributed by atoms with Crippen LogP contribution in [0.1, 0.15) is 37.0 Å². The minimum absolute atomic E-state index is 0.0654. The molecule has 0 amide bonds. The minimum Gasteiger partial charge on any atom is -0.469 e. The van der Waals surface area contributed by atoms with Gasteiger partial charge < -0.3 is 10.1 Å². The summed E-state index contributed by atoms with van der Waals surface area (Å²) >= 11 is 3.54. The third-order valence-corrected chi connectivity index (χ3v) is 4.38. The van der Waals surface area contributed by atoms with Crippen LogP contribution in [0.25, 0.3) is 0 Å². The maximum Gasteiger partial charge on any atom is 0.233 e. The summed E-state index contributed by atoms with van der Waals surface area (Å²) in [5.41, 5.74) is 2.66. The van der Waals surface area contributed by atoms with E-state index in [0.29, 0.717) is 5.88 Å². The number of hydrogen-bond donors (Lipinski definition) is 1. The lowest BCUT2D eigenvalue weighted by molar-refractivity contribution is 0.174. The molecule has 0 spiro atoms. The van der Waals surface area contributed by atoms with Crippen LogP contribution in [0.4, 0.5) is 5.82 Å². The summed E-state index contributed by atoms with van der Waals surface area (Å²) < 4.78 is 6.95. The Morgan fingerprint density at radius 2 is 2.19 bits per heavy atom. The minimum atomic E-state index is 0.0654. The molecular formula is C16H18BrN3O. The van der Waals surface area contributed by atoms with Crippen molar-refractivity contribution in [2.24, 2.45) is 0 Å². The number of halogens is 1. The van der Waals surface area contributed by atoms with Gasteiger partial charge in [0.15, 0.2) is 0 Å². The van der Waals surface area contributed by atoms with Gasteiger partial charge in [0.1, 0.15) is 22.7 Å². The molecule has 1 atom stereocenters. The standard InChI is InChI=1S/C16H18BrN3O/c1-2-18-15-14(17)16(20-10-19-15)21-13-9-5-7-11-6-3-4-8-12(11)13/h3-4,6,8,10,13H,2,5,7,9H2,1H3,(H,18,19,20). The maximum atomic E-state index is 6.16. The lowest BCUT2D eigenvalue weighted by atomic mass is 9.89. The fourth-order valence-electron chi connectivity index (χ4n) is 2.69. The third-order valence-electron chi connectivity index (χ3n) is 3.67. The molecule has 5 heteroatoms. The first-order chi connectivity index (χ1) is 10.3. The topological polar surface area (TPSA) is 47.0 Å². The molecule has 2 aromatic rings. The number of benzene rings is 1. The van der Waals surface area contributed by atoms with E-state index in [1.807, 2.05) is 6.92 Å². The average Bonchev–Trinajstić information content (AvgIpc) is 2.52. The monoisotopic (exact) mass is 347 g/mol. The number of anilines is 1. The Kier molecular flexibility index (Phi) is 4.39. The Labute approximate surface area is 133 Å². The molecule has 1 heterocycles. The van der Waals surface area contributed by atoms with Crippen molar-refractivity contribution in [3.8, 4) is 5.88 Å². The molecule has 1 N–H and O–H groups in total. The van der Waals surface area contributed by atoms with E-state index in [2.05, 4.69) is 55.5 Å². The van der Waals surface area contributed by atoms with Crippen molar-refractivity contribution in [2.45, 2.75) is 32.3 Å². The first-order valence-electron chi connectivity index (χ1n) is 7.28. The van der Waals surface area contributed by atoms with Crippen LogP contribution in [0.5, 0.6) is 5.88 Å². The van der Waals surface area contributed by atoms with Crippen LogP contribution in [-0.2, 0) is 6.42 Å². The zero-order valence-corrected chi connectivity index (χ0v) is 13.6. The van der Waals surface area contributed by atoms with Crippen LogP contribution >= 0.6 is 15.9 Å². The van der Waals surface area contributed by atoms with Gasteiger partial charge >= 0.3 is 0 Å². The van der Waals surface area contributed by atoms with Crippen molar-refractivity contribution in [1.29, 1.82) is 0 Å². The number of fused-ring (bicyclic) bond motifs is 1. The maximum absolute atomic E-state index is 6.16. The average molecular weight is 348 g/mol. The highest BCUT2D eigenvalue weighted by Crippen LogP contribution is 2.36. The van der Waals surface area contributed by atoms with Gasteiger partial charge in [0, 0.05) is 6.54 Å². The summed E-state index contributed by atoms with van der Waals surface area (Å²) in [5, 5.41) is 3.19. The quantitative estimate of drug-likeness (QED) is 0.903. The van der Waals surface area contributed by atoms with Gasteiger partial charge in [0.25, 0.3) is 0 Å². The van der Waals surface area contributed by atoms with Gasteiger partial charge in [-0.1, -0.05) is 24.3 Å². The number of aromatic nitrogens is 2. The van der Waals surface area contributed by atoms with E-state index < -0.39 is 0 Å². The number of rotatable bonds is 4. The number of nitrogens with zero attached hydrogens (tertiary/aromatic N) is 2. The molecule has 0 saturated carbocycles. The van der Waals surface area contributed by atoms with Crippen molar-refractivity contribution in [2.75, 3.05) is 11.9 Å². The first kappa shape index (κ1) is 14.3. The Morgan fingerprint density at radius 1 is 1.33 bits per heavy atom. The molecule has 1 unspecified atom stereocenters. The van der Waals surface area contributed by atoms with E-state index in [-0.39, 0.29) is 6.10 Å². The van der Waals surface area contributed by atoms with Crippen LogP contribution < -0.4 is 10.1 Å². The lowest BCUT2D eigenvalue weighted by Gasteiger charge is -2.26. The molecule has 110 valence electrons. The van der Waals surface area contributed by atoms with Crippen LogP contribution in [0.3, 0.4) is 0 Å². The van der Waals surface area contributed by atoms with E-state index >= 15 is 0 Å². The summed E-state index contributed by atoms with van der Waals surface area (Å²) in [7, 11) is 0. The molecule has 0 saturated heterocycles. The van der Waals surface area contributed by atoms with Crippen LogP contribution in [0.2, 0.25) is 0 Å². The summed E-state index contributed by atoms with van der Waals surface area (Å²) in [6.07, 6.45) is 4.89. The van der Waals surface area contributed by atoms with Crippen molar-refractivity contribution in [1.82, 2.24) is 9.97 Å². The molecule has 1 aromatic carbocycles. The van der Waals surface area contributed by atoms with E-state index in [9.17, 15) is 0 Å². The molecular weight excluding hydrogens is 330 g/mol. The highest BCUT2D eigenvalue weighted by molar-refractivity contribution is 9.10. The molecule has 0 aliphatic heterocycles. The van der Waals surface area contributed by atoms with Crippen molar-refractivity contribution < 1.29 is 4.74 Å². The lowest BCUT2D eigenvalue weighted by Crippen LogP contribution is -2.16. The van der Waals surface area contributed by atoms with Crippen molar-refractivity contribution in [3.05, 3.63) is 46.2 Å². The Bertz CT molecular complexity index is 633. The van der Waals surface area contributed by atoms with E-state index in [1.165, 1.54) is 17.5 Å². The largest absolute Gasteiger partial charge is 0.469 e. The second kappa shape index (κ2) is 6.43. The molecule has 4 nitrogen and oxygen atoms in total. The highest BCUT2D eigenvalue weighted by atomic mass is 79.9. The number of aryl methyl sites for hydroxylation is 1. The zero-order chi connectivity index (χ0) is 14.7. The fraction of sp³-hybridized carbons (Fsp3) is 0.375. The molecule has 21 heavy (non-hydrogen) atoms. The van der Waals surface area contributed by atoms with Gasteiger partial charge in [0.05, 0.1) is 0 Å². The predicted octanol–water partition coefficient (Wildman–Crippen LogP) is 4.13. The van der Waals surface area contributed by atoms with Gasteiger partial charge in [-0.3, -0.25) is 0 Å². The SMILES string of the molecule is CCNc1ncnc(OC2CCCc3ccccc32)c1Br. The molecule has 0 radical (unpaired) electrons. The molecule has 1 aliphatic rings. The summed E-state index contributed by atoms with van der Waals surface area (Å²) in [4.78, 5) is 8.48. The van der Waals surface area contributed by atoms with Gasteiger partial charge in [-0.05, 0) is 53.2 Å². The van der Waals surface area contributed by atoms with Crippen LogP contribution in [0, 0.1) is 0 Å². The zero-order valence-electron chi connectivity index (χ0n) is 12.0. The van der Waals surface area contributed by atoms with E-state index in [0.717, 1.165) is 36.1 Å². The predicted molar refractivity (Wildman–Crippen MR) is 86.6 cm³/mol. The summed E-state index contributed by atoms with van der Waals surface area (Å²) in [5.74, 6) is 1.37. The fourth-order valence-corrected chi connectivity index (χ4v) is 3.13. The second-order valence-corrected chi connectivity index (χ2v) is 5.86. The van der Waals surface area contributed by atoms with Gasteiger partial charge in [-0.25, -0.2) is 9.97 Å². The summed E-state index contributed by atoms with van der Waals surface area (Å²) in [6, 6.07) is 8.49. The van der Waals surface area contributed by atoms with Gasteiger partial charge in [-0.15, -0.1) is 0 Å². The summed E-state index contributed by atoms with van der Waals surface area (Å²) in [6.45, 7) is 2.84. The molecule has 3 rings (SSSR count). The Morgan fingerprint density at radius 3 is 3.05 bits per heavy atom. The molecule has 1 aromatic heterocycles. The van der Waals surface area contributed by atoms with Crippen molar-refractivity contribution >= 4 is 21.7 Å². The van der Waals surface area contributed by atoms with E-state index in [4.69, 9.17) is 4.74 Å². The van der Waals surface area contributed by atoms with E-state index in [1.54, 1.807) is 0 Å². The van der Waals surface area contributed by atoms with Gasteiger partial charge in [-0.2, -0.15) is 0 Å².